The number of nitrogens with zero attached hydrogens (tertiary/aromatic N) is 2. The Hall–Kier alpha value is -1.22. The van der Waals surface area contributed by atoms with Gasteiger partial charge in [0.25, 0.3) is 0 Å². The fourth-order valence-corrected chi connectivity index (χ4v) is 3.13. The van der Waals surface area contributed by atoms with E-state index >= 15 is 0 Å². The van der Waals surface area contributed by atoms with E-state index in [2.05, 4.69) is 54.3 Å². The molecule has 3 heteroatoms. The first-order valence-electron chi connectivity index (χ1n) is 7.90. The molecule has 1 saturated carbocycles. The molecule has 0 aromatic heterocycles. The molecule has 0 radical (unpaired) electrons. The largest absolute Gasteiger partial charge is 0.377 e. The highest BCUT2D eigenvalue weighted by Gasteiger charge is 2.26. The average molecular weight is 273 g/mol. The fourth-order valence-electron chi connectivity index (χ4n) is 3.13. The summed E-state index contributed by atoms with van der Waals surface area (Å²) >= 11 is 0. The maximum Gasteiger partial charge on any atom is 0.0411 e. The van der Waals surface area contributed by atoms with Crippen molar-refractivity contribution in [2.45, 2.75) is 32.2 Å². The topological polar surface area (TPSA) is 18.5 Å². The molecule has 20 heavy (non-hydrogen) atoms. The van der Waals surface area contributed by atoms with Gasteiger partial charge >= 0.3 is 0 Å². The quantitative estimate of drug-likeness (QED) is 0.890. The highest BCUT2D eigenvalue weighted by molar-refractivity contribution is 5.63. The van der Waals surface area contributed by atoms with Crippen LogP contribution in [0.25, 0.3) is 0 Å². The highest BCUT2D eigenvalue weighted by Crippen LogP contribution is 2.29. The molecule has 1 saturated heterocycles. The molecule has 110 valence electrons. The van der Waals surface area contributed by atoms with E-state index in [1.54, 1.807) is 0 Å². The zero-order chi connectivity index (χ0) is 14.1. The van der Waals surface area contributed by atoms with Crippen LogP contribution in [0.1, 0.15) is 24.8 Å². The van der Waals surface area contributed by atoms with Crippen LogP contribution >= 0.6 is 0 Å². The summed E-state index contributed by atoms with van der Waals surface area (Å²) in [6.45, 7) is 5.79. The second kappa shape index (κ2) is 5.65. The van der Waals surface area contributed by atoms with Gasteiger partial charge in [-0.2, -0.15) is 0 Å². The van der Waals surface area contributed by atoms with Gasteiger partial charge in [0, 0.05) is 44.6 Å². The summed E-state index contributed by atoms with van der Waals surface area (Å²) in [6, 6.07) is 7.70. The zero-order valence-electron chi connectivity index (χ0n) is 13.0. The summed E-state index contributed by atoms with van der Waals surface area (Å²) in [5.74, 6) is 0.819. The Morgan fingerprint density at radius 1 is 1.25 bits per heavy atom. The molecule has 1 atom stereocenters. The lowest BCUT2D eigenvalue weighted by molar-refractivity contribution is 0.515. The van der Waals surface area contributed by atoms with Gasteiger partial charge in [-0.05, 0) is 56.3 Å². The van der Waals surface area contributed by atoms with E-state index in [9.17, 15) is 0 Å². The van der Waals surface area contributed by atoms with Crippen LogP contribution in [0.5, 0.6) is 0 Å². The van der Waals surface area contributed by atoms with Gasteiger partial charge in [0.05, 0.1) is 0 Å². The Kier molecular flexibility index (Phi) is 3.88. The van der Waals surface area contributed by atoms with Crippen LogP contribution < -0.4 is 15.1 Å². The van der Waals surface area contributed by atoms with Crippen molar-refractivity contribution in [3.63, 3.8) is 0 Å². The van der Waals surface area contributed by atoms with Gasteiger partial charge in [-0.3, -0.25) is 0 Å². The van der Waals surface area contributed by atoms with Crippen molar-refractivity contribution >= 4 is 11.4 Å². The van der Waals surface area contributed by atoms with Crippen LogP contribution in [0.2, 0.25) is 0 Å². The van der Waals surface area contributed by atoms with Crippen molar-refractivity contribution in [3.05, 3.63) is 23.8 Å². The van der Waals surface area contributed by atoms with Crippen LogP contribution in [-0.4, -0.2) is 39.8 Å². The van der Waals surface area contributed by atoms with Gasteiger partial charge < -0.3 is 15.1 Å². The Bertz CT molecular complexity index is 465. The third kappa shape index (κ3) is 3.09. The van der Waals surface area contributed by atoms with Gasteiger partial charge in [-0.25, -0.2) is 0 Å². The van der Waals surface area contributed by atoms with E-state index in [-0.39, 0.29) is 0 Å². The molecule has 2 aliphatic rings. The SMILES string of the molecule is Cc1ccc(N2CCC(CNC3CC3)C2)cc1N(C)C. The van der Waals surface area contributed by atoms with Crippen molar-refractivity contribution in [1.82, 2.24) is 5.32 Å². The number of anilines is 2. The monoisotopic (exact) mass is 273 g/mol. The van der Waals surface area contributed by atoms with Crippen LogP contribution in [0.4, 0.5) is 11.4 Å². The Labute approximate surface area is 123 Å². The molecular formula is C17H27N3. The molecule has 2 fully saturated rings. The van der Waals surface area contributed by atoms with E-state index in [1.165, 1.54) is 55.8 Å². The minimum Gasteiger partial charge on any atom is -0.377 e. The van der Waals surface area contributed by atoms with Crippen molar-refractivity contribution in [3.8, 4) is 0 Å². The minimum atomic E-state index is 0.819. The Balaban J connectivity index is 1.62. The molecule has 0 spiro atoms. The van der Waals surface area contributed by atoms with Gasteiger partial charge in [-0.1, -0.05) is 6.07 Å². The third-order valence-electron chi connectivity index (χ3n) is 4.60. The van der Waals surface area contributed by atoms with Crippen LogP contribution in [0, 0.1) is 12.8 Å². The van der Waals surface area contributed by atoms with E-state index in [0.717, 1.165) is 12.0 Å². The zero-order valence-corrected chi connectivity index (χ0v) is 13.0. The van der Waals surface area contributed by atoms with Gasteiger partial charge in [-0.15, -0.1) is 0 Å². The van der Waals surface area contributed by atoms with Crippen molar-refractivity contribution < 1.29 is 0 Å². The smallest absolute Gasteiger partial charge is 0.0411 e. The third-order valence-corrected chi connectivity index (χ3v) is 4.60. The van der Waals surface area contributed by atoms with Gasteiger partial charge in [0.15, 0.2) is 0 Å². The Morgan fingerprint density at radius 2 is 2.05 bits per heavy atom. The van der Waals surface area contributed by atoms with Gasteiger partial charge in [0.2, 0.25) is 0 Å². The molecule has 1 aromatic rings. The summed E-state index contributed by atoms with van der Waals surface area (Å²) in [5, 5.41) is 3.67. The molecule has 0 bridgehead atoms. The van der Waals surface area contributed by atoms with Crippen molar-refractivity contribution in [1.29, 1.82) is 0 Å². The van der Waals surface area contributed by atoms with E-state index < -0.39 is 0 Å². The van der Waals surface area contributed by atoms with Crippen LogP contribution in [0.15, 0.2) is 18.2 Å². The van der Waals surface area contributed by atoms with Crippen LogP contribution in [0.3, 0.4) is 0 Å². The summed E-state index contributed by atoms with van der Waals surface area (Å²) in [7, 11) is 4.25. The van der Waals surface area contributed by atoms with E-state index in [1.807, 2.05) is 0 Å². The second-order valence-electron chi connectivity index (χ2n) is 6.65. The first-order valence-corrected chi connectivity index (χ1v) is 7.90. The lowest BCUT2D eigenvalue weighted by atomic mass is 10.1. The standard InChI is InChI=1S/C17H27N3/c1-13-4-7-16(10-17(13)19(2)3)20-9-8-14(12-20)11-18-15-5-6-15/h4,7,10,14-15,18H,5-6,8-9,11-12H2,1-3H3. The predicted octanol–water partition coefficient (Wildman–Crippen LogP) is 2.64. The number of hydrogen-bond donors (Lipinski definition) is 1. The van der Waals surface area contributed by atoms with Crippen molar-refractivity contribution in [2.24, 2.45) is 5.92 Å². The molecule has 1 aromatic carbocycles. The first-order chi connectivity index (χ1) is 9.63. The number of hydrogen-bond acceptors (Lipinski definition) is 3. The first kappa shape index (κ1) is 13.7. The molecular weight excluding hydrogens is 246 g/mol. The van der Waals surface area contributed by atoms with E-state index in [4.69, 9.17) is 0 Å². The molecule has 1 unspecified atom stereocenters. The summed E-state index contributed by atoms with van der Waals surface area (Å²) < 4.78 is 0. The predicted molar refractivity (Wildman–Crippen MR) is 86.9 cm³/mol. The molecule has 1 N–H and O–H groups in total. The average Bonchev–Trinajstić information content (AvgIpc) is 3.14. The molecule has 3 nitrogen and oxygen atoms in total. The molecule has 1 heterocycles. The lowest BCUT2D eigenvalue weighted by Gasteiger charge is -2.23. The highest BCUT2D eigenvalue weighted by atomic mass is 15.2. The summed E-state index contributed by atoms with van der Waals surface area (Å²) in [4.78, 5) is 4.76. The number of benzene rings is 1. The molecule has 1 aliphatic carbocycles. The Morgan fingerprint density at radius 3 is 2.75 bits per heavy atom. The number of aryl methyl sites for hydroxylation is 1. The summed E-state index contributed by atoms with van der Waals surface area (Å²) in [6.07, 6.45) is 4.10. The maximum atomic E-state index is 3.67. The second-order valence-corrected chi connectivity index (χ2v) is 6.65. The number of rotatable bonds is 5. The van der Waals surface area contributed by atoms with E-state index in [0.29, 0.717) is 0 Å². The fraction of sp³-hybridized carbons (Fsp3) is 0.647. The van der Waals surface area contributed by atoms with Crippen molar-refractivity contribution in [2.75, 3.05) is 43.5 Å². The van der Waals surface area contributed by atoms with Crippen LogP contribution in [-0.2, 0) is 0 Å². The van der Waals surface area contributed by atoms with Gasteiger partial charge in [0.1, 0.15) is 0 Å². The summed E-state index contributed by atoms with van der Waals surface area (Å²) in [5.41, 5.74) is 4.07. The molecule has 1 aliphatic heterocycles. The maximum absolute atomic E-state index is 3.67. The molecule has 0 amide bonds. The number of nitrogens with one attached hydrogen (secondary N) is 1. The molecule has 3 rings (SSSR count). The minimum absolute atomic E-state index is 0.819. The normalized spacial score (nSPS) is 22.4. The lowest BCUT2D eigenvalue weighted by Crippen LogP contribution is -2.27.